The van der Waals surface area contributed by atoms with Crippen LogP contribution >= 0.6 is 11.6 Å². The first-order valence-corrected chi connectivity index (χ1v) is 9.52. The van der Waals surface area contributed by atoms with Crippen molar-refractivity contribution < 1.29 is 13.9 Å². The first kappa shape index (κ1) is 20.6. The summed E-state index contributed by atoms with van der Waals surface area (Å²) in [6.45, 7) is 0.903. The molecule has 5 nitrogen and oxygen atoms in total. The first-order chi connectivity index (χ1) is 14.0. The maximum Gasteiger partial charge on any atom is 0.252 e. The number of ether oxygens (including phenoxy) is 1. The van der Waals surface area contributed by atoms with E-state index in [1.807, 2.05) is 18.2 Å². The van der Waals surface area contributed by atoms with Gasteiger partial charge in [0.05, 0.1) is 18.7 Å². The molecular formula is C22H20ClFN2O3. The minimum Gasteiger partial charge on any atom is -0.490 e. The molecule has 29 heavy (non-hydrogen) atoms. The maximum atomic E-state index is 13.5. The van der Waals surface area contributed by atoms with Crippen molar-refractivity contribution in [1.82, 2.24) is 9.88 Å². The van der Waals surface area contributed by atoms with E-state index in [1.54, 1.807) is 24.3 Å². The molecule has 0 aliphatic carbocycles. The van der Waals surface area contributed by atoms with Gasteiger partial charge in [-0.3, -0.25) is 9.59 Å². The number of carbonyl (C=O) groups excluding carboxylic acids is 1. The van der Waals surface area contributed by atoms with E-state index in [1.165, 1.54) is 29.0 Å². The summed E-state index contributed by atoms with van der Waals surface area (Å²) in [6.07, 6.45) is 2.02. The van der Waals surface area contributed by atoms with Crippen molar-refractivity contribution in [3.8, 4) is 5.75 Å². The lowest BCUT2D eigenvalue weighted by atomic mass is 10.2. The number of amides is 1. The SMILES string of the molecule is O=C(NCCCOc1ccccc1F)c1ccc(=O)n(Cc2ccccc2Cl)c1. The molecule has 0 radical (unpaired) electrons. The van der Waals surface area contributed by atoms with Crippen molar-refractivity contribution >= 4 is 17.5 Å². The number of halogens is 2. The number of benzene rings is 2. The maximum absolute atomic E-state index is 13.5. The van der Waals surface area contributed by atoms with Gasteiger partial charge in [-0.1, -0.05) is 41.9 Å². The van der Waals surface area contributed by atoms with Crippen LogP contribution in [0, 0.1) is 5.82 Å². The molecule has 1 heterocycles. The van der Waals surface area contributed by atoms with Gasteiger partial charge in [0.15, 0.2) is 11.6 Å². The van der Waals surface area contributed by atoms with E-state index in [4.69, 9.17) is 16.3 Å². The van der Waals surface area contributed by atoms with Crippen LogP contribution in [0.15, 0.2) is 71.7 Å². The van der Waals surface area contributed by atoms with Gasteiger partial charge < -0.3 is 14.6 Å². The Balaban J connectivity index is 1.53. The summed E-state index contributed by atoms with van der Waals surface area (Å²) in [5.41, 5.74) is 0.936. The second-order valence-corrected chi connectivity index (χ2v) is 6.77. The molecule has 1 aromatic heterocycles. The predicted octanol–water partition coefficient (Wildman–Crippen LogP) is 3.89. The van der Waals surface area contributed by atoms with Crippen LogP contribution in [0.2, 0.25) is 5.02 Å². The smallest absolute Gasteiger partial charge is 0.252 e. The highest BCUT2D eigenvalue weighted by molar-refractivity contribution is 6.31. The molecule has 0 fully saturated rings. The zero-order valence-electron chi connectivity index (χ0n) is 15.6. The first-order valence-electron chi connectivity index (χ1n) is 9.14. The third kappa shape index (κ3) is 5.68. The molecule has 0 spiro atoms. The number of para-hydroxylation sites is 1. The van der Waals surface area contributed by atoms with Crippen LogP contribution in [0.1, 0.15) is 22.3 Å². The van der Waals surface area contributed by atoms with Crippen molar-refractivity contribution in [1.29, 1.82) is 0 Å². The Morgan fingerprint density at radius 1 is 1.07 bits per heavy atom. The number of nitrogens with one attached hydrogen (secondary N) is 1. The van der Waals surface area contributed by atoms with Crippen LogP contribution in [-0.2, 0) is 6.54 Å². The van der Waals surface area contributed by atoms with Crippen LogP contribution in [0.4, 0.5) is 4.39 Å². The second kappa shape index (κ2) is 9.89. The van der Waals surface area contributed by atoms with E-state index < -0.39 is 5.82 Å². The normalized spacial score (nSPS) is 10.6. The third-order valence-corrected chi connectivity index (χ3v) is 4.61. The van der Waals surface area contributed by atoms with E-state index >= 15 is 0 Å². The van der Waals surface area contributed by atoms with Crippen molar-refractivity contribution in [2.75, 3.05) is 13.2 Å². The molecule has 0 bridgehead atoms. The fraction of sp³-hybridized carbons (Fsp3) is 0.182. The zero-order chi connectivity index (χ0) is 20.6. The molecule has 3 rings (SSSR count). The fourth-order valence-electron chi connectivity index (χ4n) is 2.72. The van der Waals surface area contributed by atoms with E-state index in [0.717, 1.165) is 5.56 Å². The second-order valence-electron chi connectivity index (χ2n) is 6.36. The van der Waals surface area contributed by atoms with Gasteiger partial charge in [0.25, 0.3) is 11.5 Å². The summed E-state index contributed by atoms with van der Waals surface area (Å²) in [5.74, 6) is -0.536. The summed E-state index contributed by atoms with van der Waals surface area (Å²) >= 11 is 6.15. The number of carbonyl (C=O) groups is 1. The Morgan fingerprint density at radius 2 is 1.83 bits per heavy atom. The van der Waals surface area contributed by atoms with E-state index in [0.29, 0.717) is 23.6 Å². The lowest BCUT2D eigenvalue weighted by Crippen LogP contribution is -2.28. The van der Waals surface area contributed by atoms with Gasteiger partial charge in [-0.15, -0.1) is 0 Å². The van der Waals surface area contributed by atoms with Crippen LogP contribution in [0.3, 0.4) is 0 Å². The van der Waals surface area contributed by atoms with E-state index in [9.17, 15) is 14.0 Å². The molecule has 150 valence electrons. The Bertz CT molecular complexity index is 1050. The Morgan fingerprint density at radius 3 is 2.62 bits per heavy atom. The van der Waals surface area contributed by atoms with E-state index in [2.05, 4.69) is 5.32 Å². The highest BCUT2D eigenvalue weighted by Gasteiger charge is 2.09. The summed E-state index contributed by atoms with van der Waals surface area (Å²) in [5, 5.41) is 3.33. The van der Waals surface area contributed by atoms with Crippen LogP contribution in [0.25, 0.3) is 0 Å². The van der Waals surface area contributed by atoms with Crippen molar-refractivity contribution in [2.45, 2.75) is 13.0 Å². The summed E-state index contributed by atoms with van der Waals surface area (Å²) in [7, 11) is 0. The van der Waals surface area contributed by atoms with Crippen LogP contribution < -0.4 is 15.6 Å². The molecule has 0 saturated carbocycles. The predicted molar refractivity (Wildman–Crippen MR) is 110 cm³/mol. The molecule has 0 saturated heterocycles. The van der Waals surface area contributed by atoms with Gasteiger partial charge in [-0.05, 0) is 36.2 Å². The minimum atomic E-state index is -0.419. The number of rotatable bonds is 8. The topological polar surface area (TPSA) is 60.3 Å². The van der Waals surface area contributed by atoms with Gasteiger partial charge in [0.1, 0.15) is 0 Å². The van der Waals surface area contributed by atoms with Gasteiger partial charge in [0, 0.05) is 23.8 Å². The lowest BCUT2D eigenvalue weighted by molar-refractivity contribution is 0.0950. The lowest BCUT2D eigenvalue weighted by Gasteiger charge is -2.11. The van der Waals surface area contributed by atoms with Crippen LogP contribution in [-0.4, -0.2) is 23.6 Å². The highest BCUT2D eigenvalue weighted by Crippen LogP contribution is 2.16. The Labute approximate surface area is 172 Å². The molecule has 0 unspecified atom stereocenters. The molecule has 2 aromatic carbocycles. The van der Waals surface area contributed by atoms with Gasteiger partial charge in [0.2, 0.25) is 0 Å². The molecule has 3 aromatic rings. The van der Waals surface area contributed by atoms with E-state index in [-0.39, 0.29) is 30.4 Å². The average molecular weight is 415 g/mol. The summed E-state index contributed by atoms with van der Waals surface area (Å²) in [4.78, 5) is 24.5. The fourth-order valence-corrected chi connectivity index (χ4v) is 2.91. The Hall–Kier alpha value is -3.12. The number of hydrogen-bond donors (Lipinski definition) is 1. The van der Waals surface area contributed by atoms with Gasteiger partial charge in [-0.2, -0.15) is 0 Å². The number of nitrogens with zero attached hydrogens (tertiary/aromatic N) is 1. The molecule has 0 atom stereocenters. The quantitative estimate of drug-likeness (QED) is 0.569. The van der Waals surface area contributed by atoms with Crippen molar-refractivity contribution in [3.05, 3.63) is 99.2 Å². The summed E-state index contributed by atoms with van der Waals surface area (Å²) < 4.78 is 20.3. The highest BCUT2D eigenvalue weighted by atomic mass is 35.5. The van der Waals surface area contributed by atoms with Gasteiger partial charge >= 0.3 is 0 Å². The van der Waals surface area contributed by atoms with Crippen LogP contribution in [0.5, 0.6) is 5.75 Å². The monoisotopic (exact) mass is 414 g/mol. The molecular weight excluding hydrogens is 395 g/mol. The van der Waals surface area contributed by atoms with Crippen molar-refractivity contribution in [2.24, 2.45) is 0 Å². The number of pyridine rings is 1. The van der Waals surface area contributed by atoms with Crippen molar-refractivity contribution in [3.63, 3.8) is 0 Å². The Kier molecular flexibility index (Phi) is 7.03. The molecule has 0 aliphatic rings. The molecule has 1 amide bonds. The molecule has 0 aliphatic heterocycles. The minimum absolute atomic E-state index is 0.186. The zero-order valence-corrected chi connectivity index (χ0v) is 16.4. The number of aromatic nitrogens is 1. The average Bonchev–Trinajstić information content (AvgIpc) is 2.72. The third-order valence-electron chi connectivity index (χ3n) is 4.25. The molecule has 1 N–H and O–H groups in total. The molecule has 7 heteroatoms. The summed E-state index contributed by atoms with van der Waals surface area (Å²) in [6, 6.07) is 16.2. The number of hydrogen-bond acceptors (Lipinski definition) is 3. The largest absolute Gasteiger partial charge is 0.490 e. The van der Waals surface area contributed by atoms with Gasteiger partial charge in [-0.25, -0.2) is 4.39 Å². The standard InChI is InChI=1S/C22H20ClFN2O3/c23-18-7-2-1-6-16(18)14-26-15-17(10-11-21(26)27)22(28)25-12-5-13-29-20-9-4-3-8-19(20)24/h1-4,6-11,15H,5,12-14H2,(H,25,28).